The molecular formula is C15H20N2O4. The van der Waals surface area contributed by atoms with Crippen LogP contribution >= 0.6 is 0 Å². The minimum atomic E-state index is -1.56. The van der Waals surface area contributed by atoms with Crippen LogP contribution < -0.4 is 0 Å². The maximum atomic E-state index is 12.3. The zero-order valence-corrected chi connectivity index (χ0v) is 12.5. The molecule has 0 aliphatic heterocycles. The molecule has 6 nitrogen and oxygen atoms in total. The predicted octanol–water partition coefficient (Wildman–Crippen LogP) is 1.34. The number of hydrogen-bond donors (Lipinski definition) is 1. The number of aliphatic hydroxyl groups excluding tert-OH is 1. The van der Waals surface area contributed by atoms with Gasteiger partial charge in [-0.3, -0.25) is 4.79 Å². The SMILES string of the molecule is CCOC(=O)[C@]1(C#N)CC[C@H](O)[C@](C)(C#N)[C@@H]1CC(C)=O. The number of aliphatic hydroxyl groups is 1. The molecule has 6 heteroatoms. The van der Waals surface area contributed by atoms with Crippen LogP contribution in [0, 0.1) is 39.4 Å². The third kappa shape index (κ3) is 2.77. The fourth-order valence-electron chi connectivity index (χ4n) is 3.09. The van der Waals surface area contributed by atoms with Crippen LogP contribution in [0.1, 0.15) is 40.0 Å². The molecule has 0 aromatic heterocycles. The number of nitriles is 2. The molecule has 1 fully saturated rings. The van der Waals surface area contributed by atoms with Gasteiger partial charge in [-0.1, -0.05) is 0 Å². The quantitative estimate of drug-likeness (QED) is 0.783. The van der Waals surface area contributed by atoms with Gasteiger partial charge in [-0.05, 0) is 33.6 Å². The summed E-state index contributed by atoms with van der Waals surface area (Å²) in [5, 5.41) is 29.2. The Morgan fingerprint density at radius 2 is 2.00 bits per heavy atom. The van der Waals surface area contributed by atoms with Crippen LogP contribution in [0.2, 0.25) is 0 Å². The molecule has 0 amide bonds. The molecule has 0 aromatic rings. The summed E-state index contributed by atoms with van der Waals surface area (Å²) >= 11 is 0. The Kier molecular flexibility index (Phi) is 5.09. The Bertz CT molecular complexity index is 519. The van der Waals surface area contributed by atoms with Crippen LogP contribution in [0.5, 0.6) is 0 Å². The number of ketones is 1. The van der Waals surface area contributed by atoms with Crippen LogP contribution in [-0.4, -0.2) is 29.6 Å². The van der Waals surface area contributed by atoms with E-state index in [9.17, 15) is 25.2 Å². The van der Waals surface area contributed by atoms with E-state index in [-0.39, 0.29) is 31.7 Å². The van der Waals surface area contributed by atoms with Gasteiger partial charge in [0.25, 0.3) is 0 Å². The second-order valence-corrected chi connectivity index (χ2v) is 5.71. The van der Waals surface area contributed by atoms with Gasteiger partial charge in [0.05, 0.1) is 30.3 Å². The first-order chi connectivity index (χ1) is 9.78. The van der Waals surface area contributed by atoms with E-state index in [1.54, 1.807) is 6.92 Å². The first-order valence-corrected chi connectivity index (χ1v) is 6.95. The molecule has 1 N–H and O–H groups in total. The van der Waals surface area contributed by atoms with Crippen molar-refractivity contribution in [3.05, 3.63) is 0 Å². The van der Waals surface area contributed by atoms with Crippen LogP contribution in [0.25, 0.3) is 0 Å². The van der Waals surface area contributed by atoms with Crippen molar-refractivity contribution < 1.29 is 19.4 Å². The Balaban J connectivity index is 3.40. The normalized spacial score (nSPS) is 35.3. The monoisotopic (exact) mass is 292 g/mol. The number of nitrogens with zero attached hydrogens (tertiary/aromatic N) is 2. The number of carbonyl (C=O) groups is 2. The topological polar surface area (TPSA) is 111 Å². The maximum Gasteiger partial charge on any atom is 0.326 e. The van der Waals surface area contributed by atoms with Crippen LogP contribution in [-0.2, 0) is 14.3 Å². The summed E-state index contributed by atoms with van der Waals surface area (Å²) in [5.41, 5.74) is -2.90. The lowest BCUT2D eigenvalue weighted by Gasteiger charge is -2.47. The molecule has 0 bridgehead atoms. The first-order valence-electron chi connectivity index (χ1n) is 6.95. The third-order valence-electron chi connectivity index (χ3n) is 4.39. The van der Waals surface area contributed by atoms with Crippen molar-refractivity contribution >= 4 is 11.8 Å². The van der Waals surface area contributed by atoms with Crippen molar-refractivity contribution in [1.29, 1.82) is 10.5 Å². The van der Waals surface area contributed by atoms with Crippen LogP contribution in [0.15, 0.2) is 0 Å². The smallest absolute Gasteiger partial charge is 0.326 e. The standard InChI is InChI=1S/C15H20N2O4/c1-4-21-13(20)15(9-17)6-5-12(19)14(3,8-16)11(15)7-10(2)18/h11-12,19H,4-7H2,1-3H3/t11-,12-,14+,15-/m0/s1. The lowest BCUT2D eigenvalue weighted by atomic mass is 9.53. The molecule has 1 aliphatic carbocycles. The Morgan fingerprint density at radius 1 is 1.38 bits per heavy atom. The molecule has 0 saturated heterocycles. The third-order valence-corrected chi connectivity index (χ3v) is 4.39. The molecule has 4 atom stereocenters. The van der Waals surface area contributed by atoms with E-state index in [4.69, 9.17) is 4.74 Å². The predicted molar refractivity (Wildman–Crippen MR) is 72.4 cm³/mol. The average molecular weight is 292 g/mol. The summed E-state index contributed by atoms with van der Waals surface area (Å²) in [7, 11) is 0. The Morgan fingerprint density at radius 3 is 2.43 bits per heavy atom. The second kappa shape index (κ2) is 6.24. The molecule has 114 valence electrons. The van der Waals surface area contributed by atoms with E-state index in [0.717, 1.165) is 0 Å². The molecule has 1 aliphatic rings. The zero-order valence-electron chi connectivity index (χ0n) is 12.5. The average Bonchev–Trinajstić information content (AvgIpc) is 2.44. The summed E-state index contributed by atoms with van der Waals surface area (Å²) in [6, 6.07) is 3.99. The molecule has 0 aromatic carbocycles. The van der Waals surface area contributed by atoms with Crippen LogP contribution in [0.4, 0.5) is 0 Å². The molecule has 0 radical (unpaired) electrons. The van der Waals surface area contributed by atoms with Gasteiger partial charge in [-0.15, -0.1) is 0 Å². The van der Waals surface area contributed by atoms with Gasteiger partial charge in [0.2, 0.25) is 0 Å². The molecule has 1 rings (SSSR count). The lowest BCUT2D eigenvalue weighted by Crippen LogP contribution is -2.55. The largest absolute Gasteiger partial charge is 0.465 e. The summed E-state index contributed by atoms with van der Waals surface area (Å²) in [6.07, 6.45) is -0.875. The highest BCUT2D eigenvalue weighted by molar-refractivity contribution is 5.83. The van der Waals surface area contributed by atoms with Crippen molar-refractivity contribution in [3.8, 4) is 12.1 Å². The summed E-state index contributed by atoms with van der Waals surface area (Å²) in [4.78, 5) is 23.9. The number of ether oxygens (including phenoxy) is 1. The molecule has 0 unspecified atom stereocenters. The Hall–Kier alpha value is -1.92. The highest BCUT2D eigenvalue weighted by Gasteiger charge is 2.61. The van der Waals surface area contributed by atoms with Gasteiger partial charge in [0, 0.05) is 12.3 Å². The minimum Gasteiger partial charge on any atom is -0.465 e. The van der Waals surface area contributed by atoms with E-state index in [2.05, 4.69) is 0 Å². The van der Waals surface area contributed by atoms with Gasteiger partial charge in [-0.2, -0.15) is 10.5 Å². The molecule has 1 saturated carbocycles. The van der Waals surface area contributed by atoms with E-state index in [1.165, 1.54) is 13.8 Å². The number of hydrogen-bond acceptors (Lipinski definition) is 6. The van der Waals surface area contributed by atoms with Crippen molar-refractivity contribution in [2.75, 3.05) is 6.61 Å². The zero-order chi connectivity index (χ0) is 16.3. The lowest BCUT2D eigenvalue weighted by molar-refractivity contribution is -0.165. The number of Topliss-reactive ketones (excluding diaryl/α,β-unsaturated/α-hetero) is 1. The van der Waals surface area contributed by atoms with E-state index < -0.39 is 28.8 Å². The molecule has 0 heterocycles. The van der Waals surface area contributed by atoms with Crippen molar-refractivity contribution in [1.82, 2.24) is 0 Å². The van der Waals surface area contributed by atoms with Crippen molar-refractivity contribution in [2.45, 2.75) is 46.1 Å². The fourth-order valence-corrected chi connectivity index (χ4v) is 3.09. The summed E-state index contributed by atoms with van der Waals surface area (Å²) < 4.78 is 5.00. The molecule has 21 heavy (non-hydrogen) atoms. The highest BCUT2D eigenvalue weighted by Crippen LogP contribution is 2.53. The summed E-state index contributed by atoms with van der Waals surface area (Å²) in [6.45, 7) is 4.58. The van der Waals surface area contributed by atoms with E-state index >= 15 is 0 Å². The van der Waals surface area contributed by atoms with E-state index in [1.807, 2.05) is 12.1 Å². The van der Waals surface area contributed by atoms with Gasteiger partial charge in [0.1, 0.15) is 5.78 Å². The van der Waals surface area contributed by atoms with Gasteiger partial charge in [0.15, 0.2) is 5.41 Å². The number of esters is 1. The van der Waals surface area contributed by atoms with Crippen molar-refractivity contribution in [3.63, 3.8) is 0 Å². The molecule has 0 spiro atoms. The fraction of sp³-hybridized carbons (Fsp3) is 0.733. The maximum absolute atomic E-state index is 12.3. The highest BCUT2D eigenvalue weighted by atomic mass is 16.5. The first kappa shape index (κ1) is 17.1. The molecular weight excluding hydrogens is 272 g/mol. The van der Waals surface area contributed by atoms with Crippen LogP contribution in [0.3, 0.4) is 0 Å². The van der Waals surface area contributed by atoms with Gasteiger partial charge >= 0.3 is 5.97 Å². The van der Waals surface area contributed by atoms with Crippen molar-refractivity contribution in [2.24, 2.45) is 16.7 Å². The van der Waals surface area contributed by atoms with E-state index in [0.29, 0.717) is 0 Å². The minimum absolute atomic E-state index is 0.0821. The Labute approximate surface area is 124 Å². The number of carbonyl (C=O) groups excluding carboxylic acids is 2. The summed E-state index contributed by atoms with van der Waals surface area (Å²) in [5.74, 6) is -1.84. The van der Waals surface area contributed by atoms with Gasteiger partial charge < -0.3 is 14.6 Å². The second-order valence-electron chi connectivity index (χ2n) is 5.71. The number of rotatable bonds is 4. The van der Waals surface area contributed by atoms with Gasteiger partial charge in [-0.25, -0.2) is 0 Å².